The van der Waals surface area contributed by atoms with Crippen LogP contribution >= 0.6 is 0 Å². The fraction of sp³-hybridized carbons (Fsp3) is 0.750. The van der Waals surface area contributed by atoms with Crippen LogP contribution in [0.4, 0.5) is 0 Å². The first-order valence-corrected chi connectivity index (χ1v) is 5.30. The predicted octanol–water partition coefficient (Wildman–Crippen LogP) is 0.831. The zero-order chi connectivity index (χ0) is 8.65. The summed E-state index contributed by atoms with van der Waals surface area (Å²) in [5.41, 5.74) is 0. The van der Waals surface area contributed by atoms with Gasteiger partial charge in [0, 0.05) is 5.92 Å². The molecule has 2 nitrogen and oxygen atoms in total. The highest BCUT2D eigenvalue weighted by atomic mass is 32.2. The Hall–Kier alpha value is -0.490. The maximum Gasteiger partial charge on any atom is 0.156 e. The lowest BCUT2D eigenvalue weighted by atomic mass is 10.0. The van der Waals surface area contributed by atoms with Crippen molar-refractivity contribution in [3.05, 3.63) is 0 Å². The van der Waals surface area contributed by atoms with E-state index in [1.54, 1.807) is 13.8 Å². The topological polar surface area (TPSA) is 34.1 Å². The minimum atomic E-state index is -2.91. The van der Waals surface area contributed by atoms with Crippen molar-refractivity contribution < 1.29 is 8.42 Å². The van der Waals surface area contributed by atoms with Crippen LogP contribution in [0.1, 0.15) is 20.3 Å². The molecule has 0 bridgehead atoms. The molecule has 0 amide bonds. The van der Waals surface area contributed by atoms with Gasteiger partial charge in [-0.25, -0.2) is 8.42 Å². The third-order valence-electron chi connectivity index (χ3n) is 2.45. The third kappa shape index (κ3) is 1.16. The SMILES string of the molecule is C#CC1CC(C)S(=O)(=O)C1C. The highest BCUT2D eigenvalue weighted by molar-refractivity contribution is 7.92. The summed E-state index contributed by atoms with van der Waals surface area (Å²) >= 11 is 0. The fourth-order valence-corrected chi connectivity index (χ4v) is 3.34. The molecule has 0 radical (unpaired) electrons. The van der Waals surface area contributed by atoms with E-state index < -0.39 is 9.84 Å². The van der Waals surface area contributed by atoms with Crippen molar-refractivity contribution in [1.82, 2.24) is 0 Å². The normalized spacial score (nSPS) is 41.7. The standard InChI is InChI=1S/C8H12O2S/c1-4-8-5-6(2)11(9,10)7(8)3/h1,6-8H,5H2,2-3H3. The van der Waals surface area contributed by atoms with Crippen LogP contribution in [-0.2, 0) is 9.84 Å². The molecule has 1 aliphatic heterocycles. The maximum absolute atomic E-state index is 11.4. The first kappa shape index (κ1) is 8.61. The molecule has 1 rings (SSSR count). The summed E-state index contributed by atoms with van der Waals surface area (Å²) in [4.78, 5) is 0. The van der Waals surface area contributed by atoms with Crippen LogP contribution < -0.4 is 0 Å². The summed E-state index contributed by atoms with van der Waals surface area (Å²) in [6.07, 6.45) is 5.82. The van der Waals surface area contributed by atoms with Gasteiger partial charge in [0.15, 0.2) is 9.84 Å². The second-order valence-corrected chi connectivity index (χ2v) is 5.84. The second-order valence-electron chi connectivity index (χ2n) is 3.11. The van der Waals surface area contributed by atoms with Gasteiger partial charge in [-0.1, -0.05) is 0 Å². The molecular formula is C8H12O2S. The zero-order valence-electron chi connectivity index (χ0n) is 6.74. The van der Waals surface area contributed by atoms with E-state index in [0.29, 0.717) is 6.42 Å². The van der Waals surface area contributed by atoms with E-state index in [2.05, 4.69) is 5.92 Å². The van der Waals surface area contributed by atoms with Crippen LogP contribution in [0.5, 0.6) is 0 Å². The van der Waals surface area contributed by atoms with E-state index >= 15 is 0 Å². The summed E-state index contributed by atoms with van der Waals surface area (Å²) in [6, 6.07) is 0. The molecule has 1 heterocycles. The highest BCUT2D eigenvalue weighted by Gasteiger charge is 2.41. The highest BCUT2D eigenvalue weighted by Crippen LogP contribution is 2.31. The third-order valence-corrected chi connectivity index (χ3v) is 5.12. The number of hydrogen-bond donors (Lipinski definition) is 0. The van der Waals surface area contributed by atoms with Gasteiger partial charge in [-0.3, -0.25) is 0 Å². The van der Waals surface area contributed by atoms with E-state index in [0.717, 1.165) is 0 Å². The largest absolute Gasteiger partial charge is 0.228 e. The molecule has 3 atom stereocenters. The molecule has 1 fully saturated rings. The van der Waals surface area contributed by atoms with Crippen LogP contribution in [0, 0.1) is 18.3 Å². The molecular weight excluding hydrogens is 160 g/mol. The second kappa shape index (κ2) is 2.53. The summed E-state index contributed by atoms with van der Waals surface area (Å²) in [5.74, 6) is 2.45. The van der Waals surface area contributed by atoms with Crippen LogP contribution in [0.25, 0.3) is 0 Å². The summed E-state index contributed by atoms with van der Waals surface area (Å²) in [6.45, 7) is 3.42. The Morgan fingerprint density at radius 2 is 2.00 bits per heavy atom. The molecule has 0 N–H and O–H groups in total. The van der Waals surface area contributed by atoms with Crippen molar-refractivity contribution in [3.63, 3.8) is 0 Å². The van der Waals surface area contributed by atoms with Gasteiger partial charge in [-0.05, 0) is 20.3 Å². The van der Waals surface area contributed by atoms with Gasteiger partial charge >= 0.3 is 0 Å². The summed E-state index contributed by atoms with van der Waals surface area (Å²) < 4.78 is 22.7. The van der Waals surface area contributed by atoms with E-state index in [1.807, 2.05) is 0 Å². The lowest BCUT2D eigenvalue weighted by Gasteiger charge is -2.05. The van der Waals surface area contributed by atoms with Gasteiger partial charge in [0.05, 0.1) is 10.5 Å². The Balaban J connectivity index is 3.01. The molecule has 1 saturated heterocycles. The van der Waals surface area contributed by atoms with Gasteiger partial charge in [-0.2, -0.15) is 0 Å². The molecule has 1 aliphatic rings. The van der Waals surface area contributed by atoms with Gasteiger partial charge < -0.3 is 0 Å². The molecule has 11 heavy (non-hydrogen) atoms. The van der Waals surface area contributed by atoms with Crippen molar-refractivity contribution in [1.29, 1.82) is 0 Å². The van der Waals surface area contributed by atoms with Crippen LogP contribution in [0.3, 0.4) is 0 Å². The number of terminal acetylenes is 1. The first-order valence-electron chi connectivity index (χ1n) is 3.69. The van der Waals surface area contributed by atoms with E-state index in [9.17, 15) is 8.42 Å². The molecule has 62 valence electrons. The molecule has 0 aromatic rings. The van der Waals surface area contributed by atoms with E-state index in [1.165, 1.54) is 0 Å². The molecule has 0 spiro atoms. The molecule has 0 saturated carbocycles. The number of rotatable bonds is 0. The van der Waals surface area contributed by atoms with Gasteiger partial charge in [-0.15, -0.1) is 12.3 Å². The van der Waals surface area contributed by atoms with Crippen molar-refractivity contribution >= 4 is 9.84 Å². The minimum Gasteiger partial charge on any atom is -0.228 e. The summed E-state index contributed by atoms with van der Waals surface area (Å²) in [7, 11) is -2.91. The average molecular weight is 172 g/mol. The fourth-order valence-electron chi connectivity index (χ4n) is 1.48. The van der Waals surface area contributed by atoms with Gasteiger partial charge in [0.25, 0.3) is 0 Å². The van der Waals surface area contributed by atoms with Crippen LogP contribution in [0.15, 0.2) is 0 Å². The predicted molar refractivity (Wildman–Crippen MR) is 44.8 cm³/mol. The van der Waals surface area contributed by atoms with E-state index in [-0.39, 0.29) is 16.4 Å². The number of sulfone groups is 1. The van der Waals surface area contributed by atoms with Crippen molar-refractivity contribution in [3.8, 4) is 12.3 Å². The van der Waals surface area contributed by atoms with Gasteiger partial charge in [0.1, 0.15) is 0 Å². The molecule has 0 aliphatic carbocycles. The average Bonchev–Trinajstić information content (AvgIpc) is 2.14. The zero-order valence-corrected chi connectivity index (χ0v) is 7.56. The Morgan fingerprint density at radius 3 is 2.18 bits per heavy atom. The summed E-state index contributed by atoms with van der Waals surface area (Å²) in [5, 5.41) is -0.596. The number of hydrogen-bond acceptors (Lipinski definition) is 2. The monoisotopic (exact) mass is 172 g/mol. The quantitative estimate of drug-likeness (QED) is 0.507. The van der Waals surface area contributed by atoms with Crippen molar-refractivity contribution in [2.75, 3.05) is 0 Å². The minimum absolute atomic E-state index is 0.0741. The van der Waals surface area contributed by atoms with Crippen molar-refractivity contribution in [2.45, 2.75) is 30.8 Å². The van der Waals surface area contributed by atoms with Crippen LogP contribution in [0.2, 0.25) is 0 Å². The maximum atomic E-state index is 11.4. The lowest BCUT2D eigenvalue weighted by molar-refractivity contribution is 0.584. The first-order chi connectivity index (χ1) is 5.00. The Kier molecular flexibility index (Phi) is 1.98. The Labute approximate surface area is 67.9 Å². The molecule has 3 heteroatoms. The Bertz CT molecular complexity index is 284. The molecule has 0 aromatic heterocycles. The lowest BCUT2D eigenvalue weighted by Crippen LogP contribution is -2.20. The van der Waals surface area contributed by atoms with E-state index in [4.69, 9.17) is 6.42 Å². The van der Waals surface area contributed by atoms with Crippen LogP contribution in [-0.4, -0.2) is 18.9 Å². The Morgan fingerprint density at radius 1 is 1.45 bits per heavy atom. The van der Waals surface area contributed by atoms with Gasteiger partial charge in [0.2, 0.25) is 0 Å². The molecule has 3 unspecified atom stereocenters. The van der Waals surface area contributed by atoms with Crippen molar-refractivity contribution in [2.24, 2.45) is 5.92 Å². The molecule has 0 aromatic carbocycles. The smallest absolute Gasteiger partial charge is 0.156 e.